The molecule has 5 rings (SSSR count). The third-order valence-corrected chi connectivity index (χ3v) is 9.18. The molecule has 1 heterocycles. The third kappa shape index (κ3) is 5.92. The van der Waals surface area contributed by atoms with Crippen molar-refractivity contribution in [2.24, 2.45) is 11.8 Å². The Balaban J connectivity index is 1.15. The zero-order valence-electron chi connectivity index (χ0n) is 22.2. The van der Waals surface area contributed by atoms with E-state index in [9.17, 15) is 8.42 Å². The first kappa shape index (κ1) is 26.4. The zero-order chi connectivity index (χ0) is 26.5. The minimum absolute atomic E-state index is 0.327. The van der Waals surface area contributed by atoms with E-state index < -0.39 is 10.0 Å². The molecule has 4 aromatic rings. The molecule has 0 unspecified atom stereocenters. The fourth-order valence-corrected chi connectivity index (χ4v) is 6.58. The maximum Gasteiger partial charge on any atom is 0.240 e. The van der Waals surface area contributed by atoms with Crippen LogP contribution in [0.1, 0.15) is 39.5 Å². The monoisotopic (exact) mass is 531 g/mol. The van der Waals surface area contributed by atoms with Gasteiger partial charge in [0.15, 0.2) is 0 Å². The fourth-order valence-electron chi connectivity index (χ4n) is 5.42. The van der Waals surface area contributed by atoms with Gasteiger partial charge >= 0.3 is 0 Å². The van der Waals surface area contributed by atoms with E-state index >= 15 is 0 Å². The van der Waals surface area contributed by atoms with E-state index in [1.54, 1.807) is 12.1 Å². The van der Waals surface area contributed by atoms with E-state index in [1.165, 1.54) is 0 Å². The minimum atomic E-state index is -3.53. The molecule has 2 N–H and O–H groups in total. The van der Waals surface area contributed by atoms with Crippen LogP contribution in [0.4, 0.5) is 11.8 Å². The van der Waals surface area contributed by atoms with Gasteiger partial charge in [0.25, 0.3) is 0 Å². The summed E-state index contributed by atoms with van der Waals surface area (Å²) >= 11 is 0. The molecule has 0 spiro atoms. The molecule has 1 aliphatic rings. The van der Waals surface area contributed by atoms with Crippen LogP contribution in [0.25, 0.3) is 21.7 Å². The van der Waals surface area contributed by atoms with Gasteiger partial charge in [-0.1, -0.05) is 42.5 Å². The highest BCUT2D eigenvalue weighted by Crippen LogP contribution is 2.30. The lowest BCUT2D eigenvalue weighted by Gasteiger charge is -2.29. The third-order valence-electron chi connectivity index (χ3n) is 7.75. The van der Waals surface area contributed by atoms with Crippen molar-refractivity contribution in [3.05, 3.63) is 66.7 Å². The molecular formula is C30H37N5O2S. The number of hydrogen-bond donors (Lipinski definition) is 2. The van der Waals surface area contributed by atoms with Crippen LogP contribution >= 0.6 is 0 Å². The summed E-state index contributed by atoms with van der Waals surface area (Å²) < 4.78 is 28.7. The summed E-state index contributed by atoms with van der Waals surface area (Å²) in [6, 6.07) is 21.3. The Morgan fingerprint density at radius 2 is 1.47 bits per heavy atom. The van der Waals surface area contributed by atoms with Gasteiger partial charge in [0, 0.05) is 31.6 Å². The summed E-state index contributed by atoms with van der Waals surface area (Å²) in [6.45, 7) is 7.39. The Kier molecular flexibility index (Phi) is 8.09. The smallest absolute Gasteiger partial charge is 0.240 e. The lowest BCUT2D eigenvalue weighted by atomic mass is 9.82. The Bertz CT molecular complexity index is 1500. The number of nitrogens with one attached hydrogen (secondary N) is 2. The summed E-state index contributed by atoms with van der Waals surface area (Å²) in [6.07, 6.45) is 4.14. The molecule has 38 heavy (non-hydrogen) atoms. The van der Waals surface area contributed by atoms with Gasteiger partial charge in [0.2, 0.25) is 16.0 Å². The maximum absolute atomic E-state index is 12.9. The number of aromatic nitrogens is 2. The van der Waals surface area contributed by atoms with Crippen molar-refractivity contribution in [3.63, 3.8) is 0 Å². The Morgan fingerprint density at radius 1 is 0.816 bits per heavy atom. The van der Waals surface area contributed by atoms with Crippen molar-refractivity contribution in [1.29, 1.82) is 0 Å². The number of nitrogens with zero attached hydrogens (tertiary/aromatic N) is 3. The second-order valence-electron chi connectivity index (χ2n) is 10.2. The molecule has 3 aromatic carbocycles. The molecule has 0 atom stereocenters. The van der Waals surface area contributed by atoms with Gasteiger partial charge in [-0.05, 0) is 86.4 Å². The van der Waals surface area contributed by atoms with Gasteiger partial charge in [0.1, 0.15) is 5.82 Å². The molecule has 0 bridgehead atoms. The zero-order valence-corrected chi connectivity index (χ0v) is 23.0. The van der Waals surface area contributed by atoms with Crippen molar-refractivity contribution in [1.82, 2.24) is 14.7 Å². The van der Waals surface area contributed by atoms with Gasteiger partial charge < -0.3 is 10.2 Å². The van der Waals surface area contributed by atoms with Crippen molar-refractivity contribution in [3.8, 4) is 0 Å². The maximum atomic E-state index is 12.9. The number of sulfonamides is 1. The van der Waals surface area contributed by atoms with Gasteiger partial charge in [-0.3, -0.25) is 0 Å². The van der Waals surface area contributed by atoms with E-state index in [0.717, 1.165) is 72.8 Å². The second kappa shape index (κ2) is 11.7. The SMILES string of the molecule is CCN(CC)c1nc(NC[C@H]2CC[C@H](CNS(=O)(=O)c3ccc4ccccc4c3)CC2)nc2ccccc12. The first-order valence-electron chi connectivity index (χ1n) is 13.7. The van der Waals surface area contributed by atoms with Crippen molar-refractivity contribution < 1.29 is 8.42 Å². The summed E-state index contributed by atoms with van der Waals surface area (Å²) in [7, 11) is -3.53. The minimum Gasteiger partial charge on any atom is -0.356 e. The Hall–Kier alpha value is -3.23. The summed E-state index contributed by atoms with van der Waals surface area (Å²) in [4.78, 5) is 12.2. The van der Waals surface area contributed by atoms with Crippen LogP contribution in [0.15, 0.2) is 71.6 Å². The highest BCUT2D eigenvalue weighted by Gasteiger charge is 2.24. The largest absolute Gasteiger partial charge is 0.356 e. The topological polar surface area (TPSA) is 87.2 Å². The number of rotatable bonds is 10. The van der Waals surface area contributed by atoms with Crippen LogP contribution in [0.3, 0.4) is 0 Å². The fraction of sp³-hybridized carbons (Fsp3) is 0.400. The van der Waals surface area contributed by atoms with Crippen LogP contribution in [0.5, 0.6) is 0 Å². The van der Waals surface area contributed by atoms with Gasteiger partial charge in [-0.2, -0.15) is 4.98 Å². The van der Waals surface area contributed by atoms with E-state index in [4.69, 9.17) is 9.97 Å². The molecule has 0 aliphatic heterocycles. The van der Waals surface area contributed by atoms with Crippen molar-refractivity contribution in [2.45, 2.75) is 44.4 Å². The highest BCUT2D eigenvalue weighted by atomic mass is 32.2. The molecular weight excluding hydrogens is 494 g/mol. The van der Waals surface area contributed by atoms with Crippen LogP contribution < -0.4 is 14.9 Å². The highest BCUT2D eigenvalue weighted by molar-refractivity contribution is 7.89. The molecule has 1 fully saturated rings. The summed E-state index contributed by atoms with van der Waals surface area (Å²) in [5.74, 6) is 2.53. The van der Waals surface area contributed by atoms with Gasteiger partial charge in [-0.15, -0.1) is 0 Å². The molecule has 0 radical (unpaired) electrons. The number of anilines is 2. The number of hydrogen-bond acceptors (Lipinski definition) is 6. The summed E-state index contributed by atoms with van der Waals surface area (Å²) in [5, 5.41) is 6.55. The first-order valence-corrected chi connectivity index (χ1v) is 15.2. The van der Waals surface area contributed by atoms with E-state index in [0.29, 0.717) is 29.2 Å². The van der Waals surface area contributed by atoms with Crippen LogP contribution in [-0.2, 0) is 10.0 Å². The molecule has 0 amide bonds. The molecule has 1 saturated carbocycles. The van der Waals surface area contributed by atoms with Crippen molar-refractivity contribution in [2.75, 3.05) is 36.4 Å². The van der Waals surface area contributed by atoms with Crippen molar-refractivity contribution >= 4 is 43.5 Å². The number of para-hydroxylation sites is 1. The van der Waals surface area contributed by atoms with Crippen LogP contribution in [0.2, 0.25) is 0 Å². The lowest BCUT2D eigenvalue weighted by Crippen LogP contribution is -2.32. The van der Waals surface area contributed by atoms with E-state index in [2.05, 4.69) is 34.9 Å². The lowest BCUT2D eigenvalue weighted by molar-refractivity contribution is 0.284. The molecule has 1 aliphatic carbocycles. The molecule has 8 heteroatoms. The molecule has 0 saturated heterocycles. The number of benzene rings is 3. The van der Waals surface area contributed by atoms with Crippen LogP contribution in [-0.4, -0.2) is 44.6 Å². The normalized spacial score (nSPS) is 18.1. The number of fused-ring (bicyclic) bond motifs is 2. The summed E-state index contributed by atoms with van der Waals surface area (Å²) in [5.41, 5.74) is 0.953. The van der Waals surface area contributed by atoms with E-state index in [1.807, 2.05) is 48.5 Å². The second-order valence-corrected chi connectivity index (χ2v) is 12.0. The van der Waals surface area contributed by atoms with Gasteiger partial charge in [-0.25, -0.2) is 18.1 Å². The molecule has 1 aromatic heterocycles. The molecule has 200 valence electrons. The van der Waals surface area contributed by atoms with Crippen LogP contribution in [0, 0.1) is 11.8 Å². The van der Waals surface area contributed by atoms with E-state index in [-0.39, 0.29) is 0 Å². The predicted octanol–water partition coefficient (Wildman–Crippen LogP) is 5.83. The predicted molar refractivity (Wildman–Crippen MR) is 156 cm³/mol. The average Bonchev–Trinajstić information content (AvgIpc) is 2.96. The molecule has 7 nitrogen and oxygen atoms in total. The standard InChI is InChI=1S/C30H37N5O2S/c1-3-35(4-2)29-27-11-7-8-12-28(27)33-30(34-29)31-20-22-13-15-23(16-14-22)21-32-38(36,37)26-18-17-24-9-5-6-10-25(24)19-26/h5-12,17-19,22-23,32H,3-4,13-16,20-21H2,1-2H3,(H,31,33,34)/t22-,23-. The first-order chi connectivity index (χ1) is 18.5. The average molecular weight is 532 g/mol. The Morgan fingerprint density at radius 3 is 2.21 bits per heavy atom. The quantitative estimate of drug-likeness (QED) is 0.268. The van der Waals surface area contributed by atoms with Gasteiger partial charge in [0.05, 0.1) is 10.4 Å². The Labute approximate surface area is 225 Å².